The Kier molecular flexibility index (Phi) is 5.73. The summed E-state index contributed by atoms with van der Waals surface area (Å²) in [6, 6.07) is 5.52. The number of hydrogen-bond donors (Lipinski definition) is 0. The van der Waals surface area contributed by atoms with E-state index >= 15 is 0 Å². The SMILES string of the molecule is CCN(CC)C(=O)N1CCO[C@@H](c2ccc(Cl)c(Cl)c2)C1. The first-order valence-electron chi connectivity index (χ1n) is 7.17. The van der Waals surface area contributed by atoms with Gasteiger partial charge in [-0.15, -0.1) is 0 Å². The highest BCUT2D eigenvalue weighted by molar-refractivity contribution is 6.42. The van der Waals surface area contributed by atoms with Crippen LogP contribution >= 0.6 is 23.2 Å². The first kappa shape index (κ1) is 16.4. The van der Waals surface area contributed by atoms with E-state index in [4.69, 9.17) is 27.9 Å². The number of carbonyl (C=O) groups excluding carboxylic acids is 1. The maximum atomic E-state index is 12.4. The average molecular weight is 331 g/mol. The normalized spacial score (nSPS) is 18.7. The number of halogens is 2. The van der Waals surface area contributed by atoms with Crippen molar-refractivity contribution in [2.45, 2.75) is 20.0 Å². The molecule has 0 spiro atoms. The highest BCUT2D eigenvalue weighted by Gasteiger charge is 2.27. The van der Waals surface area contributed by atoms with Crippen molar-refractivity contribution in [2.75, 3.05) is 32.8 Å². The van der Waals surface area contributed by atoms with Crippen molar-refractivity contribution in [3.63, 3.8) is 0 Å². The molecule has 6 heteroatoms. The third kappa shape index (κ3) is 3.82. The summed E-state index contributed by atoms with van der Waals surface area (Å²) in [5.74, 6) is 0. The Labute approximate surface area is 135 Å². The maximum absolute atomic E-state index is 12.4. The van der Waals surface area contributed by atoms with Crippen LogP contribution in [0.25, 0.3) is 0 Å². The lowest BCUT2D eigenvalue weighted by atomic mass is 10.1. The van der Waals surface area contributed by atoms with Crippen LogP contribution in [0, 0.1) is 0 Å². The molecule has 1 heterocycles. The van der Waals surface area contributed by atoms with E-state index in [1.54, 1.807) is 12.1 Å². The van der Waals surface area contributed by atoms with Crippen molar-refractivity contribution in [3.8, 4) is 0 Å². The van der Waals surface area contributed by atoms with E-state index in [2.05, 4.69) is 0 Å². The van der Waals surface area contributed by atoms with Crippen LogP contribution in [0.4, 0.5) is 4.79 Å². The summed E-state index contributed by atoms with van der Waals surface area (Å²) in [6.45, 7) is 7.07. The summed E-state index contributed by atoms with van der Waals surface area (Å²) < 4.78 is 5.77. The van der Waals surface area contributed by atoms with Gasteiger partial charge >= 0.3 is 6.03 Å². The maximum Gasteiger partial charge on any atom is 0.320 e. The Morgan fingerprint density at radius 1 is 1.33 bits per heavy atom. The minimum atomic E-state index is -0.159. The van der Waals surface area contributed by atoms with Gasteiger partial charge in [0.15, 0.2) is 0 Å². The van der Waals surface area contributed by atoms with Gasteiger partial charge in [0.1, 0.15) is 6.10 Å². The molecular weight excluding hydrogens is 311 g/mol. The number of benzene rings is 1. The molecule has 0 saturated carbocycles. The van der Waals surface area contributed by atoms with Crippen molar-refractivity contribution in [2.24, 2.45) is 0 Å². The first-order valence-corrected chi connectivity index (χ1v) is 7.92. The molecule has 4 nitrogen and oxygen atoms in total. The second kappa shape index (κ2) is 7.34. The number of carbonyl (C=O) groups is 1. The summed E-state index contributed by atoms with van der Waals surface area (Å²) >= 11 is 12.0. The fraction of sp³-hybridized carbons (Fsp3) is 0.533. The lowest BCUT2D eigenvalue weighted by molar-refractivity contribution is -0.0202. The molecule has 0 N–H and O–H groups in total. The van der Waals surface area contributed by atoms with Gasteiger partial charge in [0, 0.05) is 19.6 Å². The zero-order chi connectivity index (χ0) is 15.4. The largest absolute Gasteiger partial charge is 0.370 e. The molecule has 1 saturated heterocycles. The van der Waals surface area contributed by atoms with Gasteiger partial charge in [0.25, 0.3) is 0 Å². The van der Waals surface area contributed by atoms with Crippen LogP contribution < -0.4 is 0 Å². The molecule has 1 aliphatic heterocycles. The Bertz CT molecular complexity index is 506. The van der Waals surface area contributed by atoms with Crippen molar-refractivity contribution < 1.29 is 9.53 Å². The predicted molar refractivity (Wildman–Crippen MR) is 85.0 cm³/mol. The molecule has 1 aromatic carbocycles. The topological polar surface area (TPSA) is 32.8 Å². The molecule has 1 atom stereocenters. The minimum absolute atomic E-state index is 0.0633. The molecule has 0 radical (unpaired) electrons. The molecule has 0 unspecified atom stereocenters. The van der Waals surface area contributed by atoms with E-state index in [1.807, 2.05) is 29.7 Å². The Hall–Kier alpha value is -0.970. The summed E-state index contributed by atoms with van der Waals surface area (Å²) in [4.78, 5) is 16.1. The molecule has 1 aromatic rings. The van der Waals surface area contributed by atoms with E-state index < -0.39 is 0 Å². The summed E-state index contributed by atoms with van der Waals surface area (Å²) in [7, 11) is 0. The van der Waals surface area contributed by atoms with E-state index in [0.717, 1.165) is 5.56 Å². The third-order valence-electron chi connectivity index (χ3n) is 3.69. The number of morpholine rings is 1. The Balaban J connectivity index is 2.09. The number of nitrogens with zero attached hydrogens (tertiary/aromatic N) is 2. The van der Waals surface area contributed by atoms with Crippen LogP contribution in [0.15, 0.2) is 18.2 Å². The minimum Gasteiger partial charge on any atom is -0.370 e. The molecule has 2 rings (SSSR count). The second-order valence-corrected chi connectivity index (χ2v) is 5.75. The van der Waals surface area contributed by atoms with Crippen molar-refractivity contribution in [3.05, 3.63) is 33.8 Å². The van der Waals surface area contributed by atoms with Crippen LogP contribution in [-0.4, -0.2) is 48.6 Å². The van der Waals surface area contributed by atoms with Gasteiger partial charge in [-0.25, -0.2) is 4.79 Å². The number of urea groups is 1. The molecule has 0 bridgehead atoms. The third-order valence-corrected chi connectivity index (χ3v) is 4.43. The van der Waals surface area contributed by atoms with Gasteiger partial charge in [0.05, 0.1) is 23.2 Å². The van der Waals surface area contributed by atoms with Gasteiger partial charge in [-0.2, -0.15) is 0 Å². The smallest absolute Gasteiger partial charge is 0.320 e. The van der Waals surface area contributed by atoms with Gasteiger partial charge in [-0.1, -0.05) is 29.3 Å². The Morgan fingerprint density at radius 2 is 2.05 bits per heavy atom. The quantitative estimate of drug-likeness (QED) is 0.843. The van der Waals surface area contributed by atoms with E-state index in [0.29, 0.717) is 42.8 Å². The van der Waals surface area contributed by atoms with E-state index in [-0.39, 0.29) is 12.1 Å². The highest BCUT2D eigenvalue weighted by atomic mass is 35.5. The predicted octanol–water partition coefficient (Wildman–Crippen LogP) is 3.83. The van der Waals surface area contributed by atoms with Crippen LogP contribution in [0.1, 0.15) is 25.5 Å². The van der Waals surface area contributed by atoms with Gasteiger partial charge < -0.3 is 14.5 Å². The molecule has 1 aliphatic rings. The zero-order valence-corrected chi connectivity index (χ0v) is 13.8. The summed E-state index contributed by atoms with van der Waals surface area (Å²) in [5, 5.41) is 1.03. The lowest BCUT2D eigenvalue weighted by Gasteiger charge is -2.36. The number of amides is 2. The lowest BCUT2D eigenvalue weighted by Crippen LogP contribution is -2.48. The van der Waals surface area contributed by atoms with Crippen LogP contribution in [0.3, 0.4) is 0 Å². The zero-order valence-electron chi connectivity index (χ0n) is 12.3. The molecule has 21 heavy (non-hydrogen) atoms. The number of hydrogen-bond acceptors (Lipinski definition) is 2. The van der Waals surface area contributed by atoms with Crippen molar-refractivity contribution in [1.29, 1.82) is 0 Å². The van der Waals surface area contributed by atoms with Gasteiger partial charge in [-0.05, 0) is 31.5 Å². The van der Waals surface area contributed by atoms with Crippen molar-refractivity contribution >= 4 is 29.2 Å². The molecule has 2 amide bonds. The summed E-state index contributed by atoms with van der Waals surface area (Å²) in [6.07, 6.45) is -0.159. The van der Waals surface area contributed by atoms with Crippen LogP contribution in [0.2, 0.25) is 10.0 Å². The fourth-order valence-electron chi connectivity index (χ4n) is 2.43. The molecule has 116 valence electrons. The average Bonchev–Trinajstić information content (AvgIpc) is 2.51. The van der Waals surface area contributed by atoms with Crippen LogP contribution in [0.5, 0.6) is 0 Å². The number of ether oxygens (including phenoxy) is 1. The van der Waals surface area contributed by atoms with E-state index in [1.165, 1.54) is 0 Å². The monoisotopic (exact) mass is 330 g/mol. The van der Waals surface area contributed by atoms with Gasteiger partial charge in [0.2, 0.25) is 0 Å². The molecule has 1 fully saturated rings. The van der Waals surface area contributed by atoms with Crippen molar-refractivity contribution in [1.82, 2.24) is 9.80 Å². The van der Waals surface area contributed by atoms with Gasteiger partial charge in [-0.3, -0.25) is 0 Å². The first-order chi connectivity index (χ1) is 10.1. The second-order valence-electron chi connectivity index (χ2n) is 4.93. The summed E-state index contributed by atoms with van der Waals surface area (Å²) in [5.41, 5.74) is 0.946. The standard InChI is InChI=1S/C15H20Cl2N2O2/c1-3-18(4-2)15(20)19-7-8-21-14(10-19)11-5-6-12(16)13(17)9-11/h5-6,9,14H,3-4,7-8,10H2,1-2H3/t14-/m1/s1. The highest BCUT2D eigenvalue weighted by Crippen LogP contribution is 2.29. The fourth-order valence-corrected chi connectivity index (χ4v) is 2.74. The Morgan fingerprint density at radius 3 is 2.67 bits per heavy atom. The number of rotatable bonds is 3. The van der Waals surface area contributed by atoms with Crippen LogP contribution in [-0.2, 0) is 4.74 Å². The molecule has 0 aromatic heterocycles. The molecular formula is C15H20Cl2N2O2. The van der Waals surface area contributed by atoms with E-state index in [9.17, 15) is 4.79 Å². The molecule has 0 aliphatic carbocycles.